The van der Waals surface area contributed by atoms with E-state index in [0.717, 1.165) is 19.4 Å². The smallest absolute Gasteiger partial charge is 0.250 e. The molecule has 20 heavy (non-hydrogen) atoms. The average molecular weight is 276 g/mol. The highest BCUT2D eigenvalue weighted by atomic mass is 16.5. The van der Waals surface area contributed by atoms with E-state index in [1.165, 1.54) is 0 Å². The summed E-state index contributed by atoms with van der Waals surface area (Å²) in [5.41, 5.74) is 1.21. The number of nitrogens with one attached hydrogen (secondary N) is 1. The molecule has 0 saturated heterocycles. The average Bonchev–Trinajstić information content (AvgIpc) is 2.47. The Labute approximate surface area is 119 Å². The van der Waals surface area contributed by atoms with E-state index in [2.05, 4.69) is 12.2 Å². The first-order chi connectivity index (χ1) is 9.76. The summed E-state index contributed by atoms with van der Waals surface area (Å²) in [6.07, 6.45) is 2.15. The van der Waals surface area contributed by atoms with Crippen molar-refractivity contribution < 1.29 is 14.3 Å². The van der Waals surface area contributed by atoms with Gasteiger partial charge in [0.2, 0.25) is 5.91 Å². The van der Waals surface area contributed by atoms with Crippen molar-refractivity contribution in [2.75, 3.05) is 31.7 Å². The van der Waals surface area contributed by atoms with E-state index in [4.69, 9.17) is 14.7 Å². The molecule has 0 aliphatic rings. The minimum atomic E-state index is -0.219. The maximum Gasteiger partial charge on any atom is 0.250 e. The monoisotopic (exact) mass is 276 g/mol. The Morgan fingerprint density at radius 1 is 1.20 bits per heavy atom. The summed E-state index contributed by atoms with van der Waals surface area (Å²) < 4.78 is 10.5. The van der Waals surface area contributed by atoms with Crippen LogP contribution in [0.1, 0.15) is 25.3 Å². The van der Waals surface area contributed by atoms with Crippen LogP contribution in [0.25, 0.3) is 0 Å². The van der Waals surface area contributed by atoms with Crippen molar-refractivity contribution in [2.24, 2.45) is 0 Å². The fourth-order valence-electron chi connectivity index (χ4n) is 1.46. The van der Waals surface area contributed by atoms with Crippen molar-refractivity contribution in [2.45, 2.75) is 19.8 Å². The van der Waals surface area contributed by atoms with Gasteiger partial charge in [-0.2, -0.15) is 5.26 Å². The third-order valence-corrected chi connectivity index (χ3v) is 2.55. The predicted molar refractivity (Wildman–Crippen MR) is 76.3 cm³/mol. The van der Waals surface area contributed by atoms with E-state index < -0.39 is 0 Å². The maximum absolute atomic E-state index is 11.6. The van der Waals surface area contributed by atoms with Gasteiger partial charge in [-0.05, 0) is 30.7 Å². The molecule has 108 valence electrons. The number of amides is 1. The molecule has 1 aromatic carbocycles. The second kappa shape index (κ2) is 9.96. The Kier molecular flexibility index (Phi) is 8.04. The van der Waals surface area contributed by atoms with Crippen LogP contribution in [0.3, 0.4) is 0 Å². The molecule has 1 N–H and O–H groups in total. The van der Waals surface area contributed by atoms with Crippen LogP contribution >= 0.6 is 0 Å². The molecular formula is C15H20N2O3. The number of benzene rings is 1. The number of carbonyl (C=O) groups is 1. The zero-order valence-electron chi connectivity index (χ0n) is 11.7. The van der Waals surface area contributed by atoms with Gasteiger partial charge in [-0.1, -0.05) is 13.3 Å². The molecule has 0 unspecified atom stereocenters. The molecule has 0 heterocycles. The Hall–Kier alpha value is -1.90. The van der Waals surface area contributed by atoms with Gasteiger partial charge in [-0.25, -0.2) is 0 Å². The zero-order chi connectivity index (χ0) is 14.6. The number of carbonyl (C=O) groups excluding carboxylic acids is 1. The number of nitrogens with zero attached hydrogens (tertiary/aromatic N) is 1. The van der Waals surface area contributed by atoms with Crippen LogP contribution < -0.4 is 5.32 Å². The number of hydrogen-bond acceptors (Lipinski definition) is 4. The number of rotatable bonds is 9. The number of unbranched alkanes of at least 4 members (excludes halogenated alkanes) is 1. The Morgan fingerprint density at radius 2 is 1.90 bits per heavy atom. The third kappa shape index (κ3) is 6.88. The molecule has 1 rings (SSSR count). The summed E-state index contributed by atoms with van der Waals surface area (Å²) in [5.74, 6) is -0.219. The minimum absolute atomic E-state index is 0.00284. The number of nitriles is 1. The molecule has 0 fully saturated rings. The lowest BCUT2D eigenvalue weighted by Gasteiger charge is -2.07. The van der Waals surface area contributed by atoms with E-state index in [1.807, 2.05) is 6.07 Å². The molecule has 0 bridgehead atoms. The van der Waals surface area contributed by atoms with Crippen molar-refractivity contribution in [3.05, 3.63) is 29.8 Å². The largest absolute Gasteiger partial charge is 0.379 e. The fraction of sp³-hybridized carbons (Fsp3) is 0.467. The van der Waals surface area contributed by atoms with Gasteiger partial charge in [-0.15, -0.1) is 0 Å². The quantitative estimate of drug-likeness (QED) is 0.703. The van der Waals surface area contributed by atoms with Gasteiger partial charge in [0.25, 0.3) is 0 Å². The minimum Gasteiger partial charge on any atom is -0.379 e. The van der Waals surface area contributed by atoms with Gasteiger partial charge in [0.05, 0.1) is 24.8 Å². The molecule has 0 radical (unpaired) electrons. The van der Waals surface area contributed by atoms with Gasteiger partial charge in [-0.3, -0.25) is 4.79 Å². The first-order valence-electron chi connectivity index (χ1n) is 6.71. The molecule has 0 aliphatic heterocycles. The van der Waals surface area contributed by atoms with Crippen LogP contribution in [-0.4, -0.2) is 32.3 Å². The number of anilines is 1. The van der Waals surface area contributed by atoms with E-state index >= 15 is 0 Å². The Morgan fingerprint density at radius 3 is 2.55 bits per heavy atom. The fourth-order valence-corrected chi connectivity index (χ4v) is 1.46. The van der Waals surface area contributed by atoms with Gasteiger partial charge in [0, 0.05) is 12.3 Å². The second-order valence-corrected chi connectivity index (χ2v) is 4.26. The van der Waals surface area contributed by atoms with E-state index in [1.54, 1.807) is 24.3 Å². The SMILES string of the molecule is CCCCOCCOCC(=O)Nc1ccc(C#N)cc1. The molecule has 0 aliphatic carbocycles. The van der Waals surface area contributed by atoms with E-state index in [0.29, 0.717) is 24.5 Å². The van der Waals surface area contributed by atoms with E-state index in [9.17, 15) is 4.79 Å². The van der Waals surface area contributed by atoms with Gasteiger partial charge >= 0.3 is 0 Å². The number of hydrogen-bond donors (Lipinski definition) is 1. The van der Waals surface area contributed by atoms with Crippen LogP contribution in [-0.2, 0) is 14.3 Å². The highest BCUT2D eigenvalue weighted by Gasteiger charge is 2.02. The van der Waals surface area contributed by atoms with E-state index in [-0.39, 0.29) is 12.5 Å². The molecule has 5 nitrogen and oxygen atoms in total. The van der Waals surface area contributed by atoms with Crippen molar-refractivity contribution >= 4 is 11.6 Å². The molecular weight excluding hydrogens is 256 g/mol. The van der Waals surface area contributed by atoms with Crippen molar-refractivity contribution in [1.82, 2.24) is 0 Å². The van der Waals surface area contributed by atoms with Crippen LogP contribution in [0.2, 0.25) is 0 Å². The summed E-state index contributed by atoms with van der Waals surface area (Å²) >= 11 is 0. The first kappa shape index (κ1) is 16.2. The predicted octanol–water partition coefficient (Wildman–Crippen LogP) is 2.33. The molecule has 0 atom stereocenters. The second-order valence-electron chi connectivity index (χ2n) is 4.26. The van der Waals surface area contributed by atoms with Crippen molar-refractivity contribution in [1.29, 1.82) is 5.26 Å². The molecule has 0 aromatic heterocycles. The Bertz CT molecular complexity index is 437. The molecule has 1 amide bonds. The normalized spacial score (nSPS) is 10.0. The molecule has 5 heteroatoms. The Balaban J connectivity index is 2.12. The van der Waals surface area contributed by atoms with Gasteiger partial charge < -0.3 is 14.8 Å². The summed E-state index contributed by atoms with van der Waals surface area (Å²) in [5, 5.41) is 11.4. The summed E-state index contributed by atoms with van der Waals surface area (Å²) in [4.78, 5) is 11.6. The topological polar surface area (TPSA) is 71.3 Å². The van der Waals surface area contributed by atoms with Crippen molar-refractivity contribution in [3.8, 4) is 6.07 Å². The zero-order valence-corrected chi connectivity index (χ0v) is 11.7. The lowest BCUT2D eigenvalue weighted by molar-refractivity contribution is -0.121. The first-order valence-corrected chi connectivity index (χ1v) is 6.71. The maximum atomic E-state index is 11.6. The van der Waals surface area contributed by atoms with Crippen LogP contribution in [0.15, 0.2) is 24.3 Å². The highest BCUT2D eigenvalue weighted by molar-refractivity contribution is 5.91. The van der Waals surface area contributed by atoms with Gasteiger partial charge in [0.1, 0.15) is 6.61 Å². The van der Waals surface area contributed by atoms with Crippen molar-refractivity contribution in [3.63, 3.8) is 0 Å². The van der Waals surface area contributed by atoms with Crippen LogP contribution in [0, 0.1) is 11.3 Å². The lowest BCUT2D eigenvalue weighted by atomic mass is 10.2. The standard InChI is InChI=1S/C15H20N2O3/c1-2-3-8-19-9-10-20-12-15(18)17-14-6-4-13(11-16)5-7-14/h4-7H,2-3,8-10,12H2,1H3,(H,17,18). The molecule has 1 aromatic rings. The van der Waals surface area contributed by atoms with Crippen LogP contribution in [0.4, 0.5) is 5.69 Å². The van der Waals surface area contributed by atoms with Gasteiger partial charge in [0.15, 0.2) is 0 Å². The summed E-state index contributed by atoms with van der Waals surface area (Å²) in [6.45, 7) is 3.75. The molecule has 0 spiro atoms. The summed E-state index contributed by atoms with van der Waals surface area (Å²) in [7, 11) is 0. The number of ether oxygens (including phenoxy) is 2. The molecule has 0 saturated carbocycles. The van der Waals surface area contributed by atoms with Crippen LogP contribution in [0.5, 0.6) is 0 Å². The lowest BCUT2D eigenvalue weighted by Crippen LogP contribution is -2.19. The third-order valence-electron chi connectivity index (χ3n) is 2.55. The highest BCUT2D eigenvalue weighted by Crippen LogP contribution is 2.08. The summed E-state index contributed by atoms with van der Waals surface area (Å²) in [6, 6.07) is 8.69.